The highest BCUT2D eigenvalue weighted by Crippen LogP contribution is 2.33. The van der Waals surface area contributed by atoms with Gasteiger partial charge in [-0.05, 0) is 39.4 Å². The first kappa shape index (κ1) is 21.0. The van der Waals surface area contributed by atoms with Gasteiger partial charge in [0.2, 0.25) is 0 Å². The number of rotatable bonds is 3. The molecule has 134 valence electrons. The van der Waals surface area contributed by atoms with E-state index in [0.717, 1.165) is 11.9 Å². The molecular weight excluding hydrogens is 289 g/mol. The molecule has 1 rings (SSSR count). The zero-order chi connectivity index (χ0) is 19.1. The molecular formula is C22H38BN. The van der Waals surface area contributed by atoms with Gasteiger partial charge >= 0.3 is 0 Å². The van der Waals surface area contributed by atoms with Crippen LogP contribution in [0, 0.1) is 0 Å². The van der Waals surface area contributed by atoms with Crippen LogP contribution >= 0.6 is 0 Å². The molecule has 0 amide bonds. The minimum atomic E-state index is -0.104. The van der Waals surface area contributed by atoms with E-state index in [1.54, 1.807) is 0 Å². The molecule has 0 unspecified atom stereocenters. The van der Waals surface area contributed by atoms with Gasteiger partial charge in [-0.3, -0.25) is 0 Å². The third-order valence-electron chi connectivity index (χ3n) is 4.87. The van der Waals surface area contributed by atoms with E-state index in [1.807, 2.05) is 0 Å². The molecule has 1 nitrogen and oxygen atoms in total. The number of allylic oxidation sites excluding steroid dienone is 1. The summed E-state index contributed by atoms with van der Waals surface area (Å²) in [5.74, 6) is 0. The van der Waals surface area contributed by atoms with Gasteiger partial charge < -0.3 is 5.64 Å². The lowest BCUT2D eigenvalue weighted by atomic mass is 9.46. The van der Waals surface area contributed by atoms with Crippen molar-refractivity contribution < 1.29 is 0 Å². The summed E-state index contributed by atoms with van der Waals surface area (Å²) in [6.45, 7) is 26.8. The Balaban J connectivity index is 3.92. The van der Waals surface area contributed by atoms with Crippen molar-refractivity contribution in [3.05, 3.63) is 40.9 Å². The summed E-state index contributed by atoms with van der Waals surface area (Å²) in [7, 11) is 0. The summed E-state index contributed by atoms with van der Waals surface area (Å²) in [6, 6.07) is 4.76. The molecule has 1 aromatic rings. The molecule has 0 aliphatic rings. The Morgan fingerprint density at radius 3 is 1.50 bits per heavy atom. The molecule has 0 aliphatic heterocycles. The van der Waals surface area contributed by atoms with E-state index in [4.69, 9.17) is 5.64 Å². The van der Waals surface area contributed by atoms with Crippen molar-refractivity contribution in [2.75, 3.05) is 0 Å². The van der Waals surface area contributed by atoms with Crippen molar-refractivity contribution in [2.45, 2.75) is 91.9 Å². The topological polar surface area (TPSA) is 26.0 Å². The second-order valence-electron chi connectivity index (χ2n) is 10.2. The molecule has 24 heavy (non-hydrogen) atoms. The number of hydrogen-bond acceptors (Lipinski definition) is 1. The summed E-state index contributed by atoms with van der Waals surface area (Å²) >= 11 is 0. The van der Waals surface area contributed by atoms with Gasteiger partial charge in [0.1, 0.15) is 0 Å². The minimum absolute atomic E-state index is 0.0439. The van der Waals surface area contributed by atoms with Crippen molar-refractivity contribution in [3.63, 3.8) is 0 Å². The predicted molar refractivity (Wildman–Crippen MR) is 112 cm³/mol. The first-order chi connectivity index (χ1) is 10.6. The zero-order valence-corrected chi connectivity index (χ0v) is 17.7. The summed E-state index contributed by atoms with van der Waals surface area (Å²) in [6.07, 6.45) is 0.912. The van der Waals surface area contributed by atoms with Gasteiger partial charge in [0.15, 0.2) is 0 Å². The van der Waals surface area contributed by atoms with Crippen LogP contribution in [0.25, 0.3) is 0 Å². The van der Waals surface area contributed by atoms with Gasteiger partial charge in [-0.2, -0.15) is 0 Å². The van der Waals surface area contributed by atoms with Crippen LogP contribution in [-0.4, -0.2) is 6.85 Å². The third-order valence-corrected chi connectivity index (χ3v) is 4.87. The predicted octanol–water partition coefficient (Wildman–Crippen LogP) is 5.24. The fourth-order valence-corrected chi connectivity index (χ4v) is 3.09. The van der Waals surface area contributed by atoms with Crippen molar-refractivity contribution in [1.29, 1.82) is 0 Å². The smallest absolute Gasteiger partial charge is 0.282 e. The number of nitrogens with two attached hydrogens (primary N) is 1. The Bertz CT molecular complexity index is 571. The molecule has 0 atom stereocenters. The SMILES string of the molecule is C=C(CC)B(N)c1c(C(C)(C)C)cc(C(C)(C)C)cc1C(C)(C)C. The summed E-state index contributed by atoms with van der Waals surface area (Å²) in [5.41, 5.74) is 13.4. The zero-order valence-electron chi connectivity index (χ0n) is 17.7. The van der Waals surface area contributed by atoms with Crippen LogP contribution in [0.1, 0.15) is 92.3 Å². The standard InChI is InChI=1S/C22H38BN/c1-12-15(2)23(24)19-17(21(6,7)8)13-16(20(3,4)5)14-18(19)22(9,10)11/h13-14H,2,12,24H2,1,3-11H3. The van der Waals surface area contributed by atoms with E-state index in [1.165, 1.54) is 22.2 Å². The molecule has 0 bridgehead atoms. The van der Waals surface area contributed by atoms with Crippen LogP contribution in [0.5, 0.6) is 0 Å². The van der Waals surface area contributed by atoms with Crippen molar-refractivity contribution in [3.8, 4) is 0 Å². The Kier molecular flexibility index (Phi) is 5.88. The Morgan fingerprint density at radius 2 is 1.25 bits per heavy atom. The second kappa shape index (κ2) is 6.71. The molecule has 1 aromatic carbocycles. The Hall–Kier alpha value is -1.02. The fourth-order valence-electron chi connectivity index (χ4n) is 3.09. The van der Waals surface area contributed by atoms with Crippen LogP contribution in [0.3, 0.4) is 0 Å². The van der Waals surface area contributed by atoms with Gasteiger partial charge in [0.25, 0.3) is 6.85 Å². The molecule has 0 radical (unpaired) electrons. The van der Waals surface area contributed by atoms with Gasteiger partial charge in [-0.15, -0.1) is 6.58 Å². The molecule has 2 N–H and O–H groups in total. The van der Waals surface area contributed by atoms with E-state index >= 15 is 0 Å². The van der Waals surface area contributed by atoms with E-state index in [0.29, 0.717) is 0 Å². The Labute approximate surface area is 151 Å². The Morgan fingerprint density at radius 1 is 0.875 bits per heavy atom. The quantitative estimate of drug-likeness (QED) is 0.755. The summed E-state index contributed by atoms with van der Waals surface area (Å²) in [4.78, 5) is 0. The van der Waals surface area contributed by atoms with Crippen LogP contribution in [-0.2, 0) is 16.2 Å². The lowest BCUT2D eigenvalue weighted by molar-refractivity contribution is 0.553. The van der Waals surface area contributed by atoms with Crippen LogP contribution in [0.15, 0.2) is 24.2 Å². The molecule has 2 heteroatoms. The second-order valence-corrected chi connectivity index (χ2v) is 10.2. The summed E-state index contributed by atoms with van der Waals surface area (Å²) < 4.78 is 0. The highest BCUT2D eigenvalue weighted by atomic mass is 14.5. The van der Waals surface area contributed by atoms with E-state index < -0.39 is 0 Å². The van der Waals surface area contributed by atoms with Crippen LogP contribution < -0.4 is 11.1 Å². The normalized spacial score (nSPS) is 13.1. The highest BCUT2D eigenvalue weighted by molar-refractivity contribution is 6.77. The van der Waals surface area contributed by atoms with Crippen molar-refractivity contribution in [1.82, 2.24) is 0 Å². The van der Waals surface area contributed by atoms with Crippen molar-refractivity contribution >= 4 is 12.3 Å². The molecule has 0 saturated carbocycles. The number of benzene rings is 1. The maximum Gasteiger partial charge on any atom is 0.282 e. The largest absolute Gasteiger partial charge is 0.362 e. The monoisotopic (exact) mass is 327 g/mol. The maximum absolute atomic E-state index is 6.70. The molecule has 0 heterocycles. The average molecular weight is 327 g/mol. The molecule has 0 aromatic heterocycles. The van der Waals surface area contributed by atoms with E-state index in [9.17, 15) is 0 Å². The fraction of sp³-hybridized carbons (Fsp3) is 0.636. The van der Waals surface area contributed by atoms with Crippen LogP contribution in [0.4, 0.5) is 0 Å². The lowest BCUT2D eigenvalue weighted by Gasteiger charge is -2.35. The van der Waals surface area contributed by atoms with Gasteiger partial charge in [-0.1, -0.05) is 92.3 Å². The molecule has 0 spiro atoms. The van der Waals surface area contributed by atoms with Gasteiger partial charge in [0.05, 0.1) is 0 Å². The minimum Gasteiger partial charge on any atom is -0.362 e. The third kappa shape index (κ3) is 4.54. The highest BCUT2D eigenvalue weighted by Gasteiger charge is 2.33. The van der Waals surface area contributed by atoms with Gasteiger partial charge in [0, 0.05) is 0 Å². The summed E-state index contributed by atoms with van der Waals surface area (Å²) in [5, 5.41) is 0. The van der Waals surface area contributed by atoms with E-state index in [-0.39, 0.29) is 23.1 Å². The number of hydrogen-bond donors (Lipinski definition) is 1. The molecule has 0 saturated heterocycles. The lowest BCUT2D eigenvalue weighted by Crippen LogP contribution is -2.49. The molecule has 0 fully saturated rings. The first-order valence-corrected chi connectivity index (χ1v) is 9.23. The van der Waals surface area contributed by atoms with Crippen LogP contribution in [0.2, 0.25) is 0 Å². The molecule has 0 aliphatic carbocycles. The van der Waals surface area contributed by atoms with Crippen molar-refractivity contribution in [2.24, 2.45) is 5.64 Å². The van der Waals surface area contributed by atoms with E-state index in [2.05, 4.69) is 87.9 Å². The van der Waals surface area contributed by atoms with Gasteiger partial charge in [-0.25, -0.2) is 0 Å². The maximum atomic E-state index is 6.70. The average Bonchev–Trinajstić information content (AvgIpc) is 2.41. The first-order valence-electron chi connectivity index (χ1n) is 9.23.